The smallest absolute Gasteiger partial charge is 0.115 e. The lowest BCUT2D eigenvalue weighted by Crippen LogP contribution is -2.25. The summed E-state index contributed by atoms with van der Waals surface area (Å²) in [6.07, 6.45) is -5.76. The highest BCUT2D eigenvalue weighted by Crippen LogP contribution is 2.18. The predicted octanol–water partition coefficient (Wildman–Crippen LogP) is 0.557. The maximum Gasteiger partial charge on any atom is 0.115 e. The van der Waals surface area contributed by atoms with Gasteiger partial charge in [0.15, 0.2) is 0 Å². The summed E-state index contributed by atoms with van der Waals surface area (Å²) in [5.41, 5.74) is 0. The fourth-order valence-corrected chi connectivity index (χ4v) is 0.655. The average Bonchev–Trinajstić information content (AvgIpc) is 2.10. The van der Waals surface area contributed by atoms with E-state index in [0.717, 1.165) is 0 Å². The molecule has 0 radical (unpaired) electrons. The van der Waals surface area contributed by atoms with E-state index in [2.05, 4.69) is 15.9 Å². The average molecular weight is 196 g/mol. The van der Waals surface area contributed by atoms with E-state index in [1.165, 1.54) is 0 Å². The van der Waals surface area contributed by atoms with Gasteiger partial charge in [0.05, 0.1) is 6.85 Å². The molecule has 2 atom stereocenters. The van der Waals surface area contributed by atoms with Gasteiger partial charge in [-0.05, 0) is 6.05 Å². The minimum atomic E-state index is -2.94. The van der Waals surface area contributed by atoms with Crippen molar-refractivity contribution in [2.24, 2.45) is 0 Å². The normalized spacial score (nSPS) is 61.9. The Labute approximate surface area is 68.7 Å². The second-order valence-electron chi connectivity index (χ2n) is 1.39. The maximum atomic E-state index is 9.40. The van der Waals surface area contributed by atoms with Crippen molar-refractivity contribution in [1.29, 1.82) is 0 Å². The number of rotatable bonds is 0. The Balaban J connectivity index is 3.48. The first-order valence-corrected chi connectivity index (χ1v) is 2.93. The molecule has 0 amide bonds. The fourth-order valence-electron chi connectivity index (χ4n) is 0.368. The molecular formula is C6H7BrO2. The van der Waals surface area contributed by atoms with Crippen LogP contribution in [0, 0.1) is 0 Å². The van der Waals surface area contributed by atoms with Gasteiger partial charge in [0, 0.05) is 4.48 Å². The molecule has 0 saturated carbocycles. The van der Waals surface area contributed by atoms with Crippen molar-refractivity contribution in [1.82, 2.24) is 0 Å². The molecule has 0 unspecified atom stereocenters. The Morgan fingerprint density at radius 3 is 3.11 bits per heavy atom. The SMILES string of the molecule is [2H]C1=C([2H])[C@]([2H])(O)[C@]([2H])(O)C(Br)=C1[2H]. The largest absolute Gasteiger partial charge is 0.386 e. The second-order valence-corrected chi connectivity index (χ2v) is 2.18. The van der Waals surface area contributed by atoms with Gasteiger partial charge in [0.1, 0.15) is 12.2 Å². The highest BCUT2D eigenvalue weighted by atomic mass is 79.9. The molecule has 0 heterocycles. The minimum absolute atomic E-state index is 0.497. The lowest BCUT2D eigenvalue weighted by Gasteiger charge is -2.16. The van der Waals surface area contributed by atoms with Gasteiger partial charge >= 0.3 is 0 Å². The molecule has 0 aliphatic heterocycles. The van der Waals surface area contributed by atoms with Gasteiger partial charge in [-0.25, -0.2) is 0 Å². The standard InChI is InChI=1S/C6H7BrO2/c7-4-2-1-3-5(8)6(4)9/h1-3,5-6,8-9H/t5-,6+/m0/s1/i1D,2D,3D,5D,6D. The fraction of sp³-hybridized carbons (Fsp3) is 0.333. The monoisotopic (exact) mass is 195 g/mol. The quantitative estimate of drug-likeness (QED) is 0.594. The first-order valence-electron chi connectivity index (χ1n) is 4.64. The van der Waals surface area contributed by atoms with Gasteiger partial charge in [-0.1, -0.05) is 28.0 Å². The summed E-state index contributed by atoms with van der Waals surface area (Å²) >= 11 is 2.66. The lowest BCUT2D eigenvalue weighted by molar-refractivity contribution is 0.0774. The van der Waals surface area contributed by atoms with E-state index in [1.54, 1.807) is 0 Å². The van der Waals surface area contributed by atoms with Crippen molar-refractivity contribution >= 4 is 15.9 Å². The predicted molar refractivity (Wildman–Crippen MR) is 38.2 cm³/mol. The zero-order valence-corrected chi connectivity index (χ0v) is 5.86. The van der Waals surface area contributed by atoms with E-state index in [1.807, 2.05) is 0 Å². The van der Waals surface area contributed by atoms with E-state index >= 15 is 0 Å². The summed E-state index contributed by atoms with van der Waals surface area (Å²) in [7, 11) is 0. The Bertz CT molecular complexity index is 312. The Morgan fingerprint density at radius 1 is 1.78 bits per heavy atom. The molecule has 9 heavy (non-hydrogen) atoms. The first-order chi connectivity index (χ1) is 6.14. The molecule has 0 aromatic rings. The molecule has 2 N–H and O–H groups in total. The van der Waals surface area contributed by atoms with Crippen LogP contribution in [0.15, 0.2) is 22.6 Å². The van der Waals surface area contributed by atoms with E-state index in [4.69, 9.17) is 6.85 Å². The summed E-state index contributed by atoms with van der Waals surface area (Å²) in [4.78, 5) is 0. The molecule has 0 aromatic heterocycles. The molecule has 1 aliphatic rings. The number of allylic oxidation sites excluding steroid dienone is 2. The molecule has 3 heteroatoms. The molecule has 0 bridgehead atoms. The van der Waals surface area contributed by atoms with Crippen molar-refractivity contribution in [3.05, 3.63) is 22.6 Å². The molecule has 2 nitrogen and oxygen atoms in total. The van der Waals surface area contributed by atoms with Crippen LogP contribution in [0.25, 0.3) is 0 Å². The van der Waals surface area contributed by atoms with Crippen molar-refractivity contribution in [3.63, 3.8) is 0 Å². The van der Waals surface area contributed by atoms with E-state index < -0.39 is 34.8 Å². The number of hydrogen-bond acceptors (Lipinski definition) is 2. The van der Waals surface area contributed by atoms with Crippen LogP contribution in [0.3, 0.4) is 0 Å². The van der Waals surface area contributed by atoms with Crippen LogP contribution in [0.2, 0.25) is 0 Å². The Kier molecular flexibility index (Phi) is 0.840. The van der Waals surface area contributed by atoms with E-state index in [-0.39, 0.29) is 0 Å². The van der Waals surface area contributed by atoms with Crippen molar-refractivity contribution < 1.29 is 17.1 Å². The maximum absolute atomic E-state index is 9.40. The molecule has 0 aromatic carbocycles. The summed E-state index contributed by atoms with van der Waals surface area (Å²) in [6.45, 7) is 0. The molecular weight excluding hydrogens is 184 g/mol. The number of halogens is 1. The molecule has 1 rings (SSSR count). The highest BCUT2D eigenvalue weighted by Gasteiger charge is 2.17. The highest BCUT2D eigenvalue weighted by molar-refractivity contribution is 9.11. The van der Waals surface area contributed by atoms with Crippen LogP contribution < -0.4 is 0 Å². The zero-order valence-electron chi connectivity index (χ0n) is 9.27. The van der Waals surface area contributed by atoms with Crippen LogP contribution in [-0.2, 0) is 0 Å². The van der Waals surface area contributed by atoms with Gasteiger partial charge in [0.2, 0.25) is 0 Å². The number of aliphatic hydroxyl groups is 2. The van der Waals surface area contributed by atoms with Crippen LogP contribution in [0.5, 0.6) is 0 Å². The third-order valence-corrected chi connectivity index (χ3v) is 1.36. The summed E-state index contributed by atoms with van der Waals surface area (Å²) in [5.74, 6) is 0. The third-order valence-electron chi connectivity index (χ3n) is 0.785. The van der Waals surface area contributed by atoms with Gasteiger partial charge in [-0.15, -0.1) is 0 Å². The van der Waals surface area contributed by atoms with Crippen LogP contribution in [0.1, 0.15) is 6.85 Å². The second kappa shape index (κ2) is 2.64. The van der Waals surface area contributed by atoms with Crippen molar-refractivity contribution in [3.8, 4) is 0 Å². The van der Waals surface area contributed by atoms with Gasteiger partial charge in [-0.3, -0.25) is 0 Å². The van der Waals surface area contributed by atoms with Crippen LogP contribution in [0.4, 0.5) is 0 Å². The van der Waals surface area contributed by atoms with E-state index in [0.29, 0.717) is 0 Å². The van der Waals surface area contributed by atoms with Gasteiger partial charge < -0.3 is 10.2 Å². The summed E-state index contributed by atoms with van der Waals surface area (Å²) in [6, 6.07) is -2.24. The Morgan fingerprint density at radius 2 is 2.44 bits per heavy atom. The molecule has 0 fully saturated rings. The molecule has 1 aliphatic carbocycles. The zero-order chi connectivity index (χ0) is 11.3. The van der Waals surface area contributed by atoms with Crippen molar-refractivity contribution in [2.75, 3.05) is 0 Å². The number of hydrogen-bond donors (Lipinski definition) is 2. The van der Waals surface area contributed by atoms with E-state index in [9.17, 15) is 10.2 Å². The minimum Gasteiger partial charge on any atom is -0.386 e. The molecule has 0 spiro atoms. The van der Waals surface area contributed by atoms with Crippen LogP contribution >= 0.6 is 15.9 Å². The summed E-state index contributed by atoms with van der Waals surface area (Å²) in [5, 5.41) is 18.7. The Hall–Kier alpha value is -0.120. The topological polar surface area (TPSA) is 40.5 Å². The third kappa shape index (κ3) is 1.41. The lowest BCUT2D eigenvalue weighted by atomic mass is 10.1. The van der Waals surface area contributed by atoms with Crippen LogP contribution in [-0.4, -0.2) is 22.4 Å². The molecule has 0 saturated heterocycles. The first kappa shape index (κ1) is 2.86. The molecule has 50 valence electrons. The van der Waals surface area contributed by atoms with Crippen molar-refractivity contribution in [2.45, 2.75) is 12.2 Å². The summed E-state index contributed by atoms with van der Waals surface area (Å²) < 4.78 is 35.5. The van der Waals surface area contributed by atoms with Gasteiger partial charge in [0.25, 0.3) is 0 Å². The van der Waals surface area contributed by atoms with Gasteiger partial charge in [-0.2, -0.15) is 0 Å².